The molecular formula is C15H20O2. The van der Waals surface area contributed by atoms with Crippen LogP contribution < -0.4 is 9.47 Å². The highest BCUT2D eigenvalue weighted by atomic mass is 16.5. The third-order valence-corrected chi connectivity index (χ3v) is 2.45. The average molecular weight is 232 g/mol. The molecule has 2 heteroatoms. The molecule has 17 heavy (non-hydrogen) atoms. The molecule has 0 aliphatic carbocycles. The summed E-state index contributed by atoms with van der Waals surface area (Å²) in [6.07, 6.45) is 6.23. The Labute approximate surface area is 104 Å². The zero-order valence-corrected chi connectivity index (χ0v) is 10.8. The Balaban J connectivity index is 2.94. The zero-order valence-electron chi connectivity index (χ0n) is 10.8. The summed E-state index contributed by atoms with van der Waals surface area (Å²) in [5, 5.41) is 0. The number of hydrogen-bond acceptors (Lipinski definition) is 2. The molecule has 2 nitrogen and oxygen atoms in total. The minimum atomic E-state index is 0.200. The minimum Gasteiger partial charge on any atom is -0.494 e. The fourth-order valence-corrected chi connectivity index (χ4v) is 1.66. The summed E-state index contributed by atoms with van der Waals surface area (Å²) in [7, 11) is 0. The molecule has 0 amide bonds. The van der Waals surface area contributed by atoms with Gasteiger partial charge in [-0.2, -0.15) is 0 Å². The Morgan fingerprint density at radius 1 is 1.24 bits per heavy atom. The Kier molecular flexibility index (Phi) is 5.42. The van der Waals surface area contributed by atoms with Crippen LogP contribution in [0.2, 0.25) is 0 Å². The predicted octanol–water partition coefficient (Wildman–Crippen LogP) is 3.30. The van der Waals surface area contributed by atoms with Crippen molar-refractivity contribution in [3.63, 3.8) is 0 Å². The molecule has 0 radical (unpaired) electrons. The van der Waals surface area contributed by atoms with Gasteiger partial charge in [-0.1, -0.05) is 6.92 Å². The molecule has 0 N–H and O–H groups in total. The van der Waals surface area contributed by atoms with Crippen LogP contribution in [0.1, 0.15) is 26.3 Å². The SMILES string of the molecule is C#CC(C)Cc1cc(OCC)ccc1OCC. The van der Waals surface area contributed by atoms with Crippen molar-refractivity contribution in [2.24, 2.45) is 5.92 Å². The largest absolute Gasteiger partial charge is 0.494 e. The number of hydrogen-bond donors (Lipinski definition) is 0. The van der Waals surface area contributed by atoms with Gasteiger partial charge in [-0.3, -0.25) is 0 Å². The summed E-state index contributed by atoms with van der Waals surface area (Å²) < 4.78 is 11.1. The molecule has 1 unspecified atom stereocenters. The number of ether oxygens (including phenoxy) is 2. The van der Waals surface area contributed by atoms with Crippen molar-refractivity contribution in [3.8, 4) is 23.8 Å². The normalized spacial score (nSPS) is 11.6. The zero-order chi connectivity index (χ0) is 12.7. The van der Waals surface area contributed by atoms with Gasteiger partial charge in [-0.15, -0.1) is 12.3 Å². The monoisotopic (exact) mass is 232 g/mol. The summed E-state index contributed by atoms with van der Waals surface area (Å²) in [5.74, 6) is 4.71. The van der Waals surface area contributed by atoms with E-state index in [1.165, 1.54) is 0 Å². The van der Waals surface area contributed by atoms with Gasteiger partial charge in [0.1, 0.15) is 11.5 Å². The van der Waals surface area contributed by atoms with Crippen molar-refractivity contribution in [1.82, 2.24) is 0 Å². The quantitative estimate of drug-likeness (QED) is 0.701. The van der Waals surface area contributed by atoms with Crippen molar-refractivity contribution < 1.29 is 9.47 Å². The second-order valence-corrected chi connectivity index (χ2v) is 3.91. The third kappa shape index (κ3) is 4.03. The van der Waals surface area contributed by atoms with E-state index < -0.39 is 0 Å². The third-order valence-electron chi connectivity index (χ3n) is 2.45. The summed E-state index contributed by atoms with van der Waals surface area (Å²) >= 11 is 0. The van der Waals surface area contributed by atoms with Gasteiger partial charge in [0.15, 0.2) is 0 Å². The fourth-order valence-electron chi connectivity index (χ4n) is 1.66. The predicted molar refractivity (Wildman–Crippen MR) is 70.5 cm³/mol. The van der Waals surface area contributed by atoms with Crippen LogP contribution in [-0.4, -0.2) is 13.2 Å². The minimum absolute atomic E-state index is 0.200. The standard InChI is InChI=1S/C15H20O2/c1-5-12(4)10-13-11-14(16-6-2)8-9-15(13)17-7-3/h1,8-9,11-12H,6-7,10H2,2-4H3. The van der Waals surface area contributed by atoms with E-state index in [-0.39, 0.29) is 5.92 Å². The summed E-state index contributed by atoms with van der Waals surface area (Å²) in [6.45, 7) is 7.30. The van der Waals surface area contributed by atoms with Crippen LogP contribution in [0.5, 0.6) is 11.5 Å². The van der Waals surface area contributed by atoms with E-state index in [2.05, 4.69) is 5.92 Å². The van der Waals surface area contributed by atoms with Gasteiger partial charge < -0.3 is 9.47 Å². The maximum absolute atomic E-state index is 5.59. The Bertz CT molecular complexity index is 390. The van der Waals surface area contributed by atoms with Gasteiger partial charge >= 0.3 is 0 Å². The highest BCUT2D eigenvalue weighted by Gasteiger charge is 2.08. The summed E-state index contributed by atoms with van der Waals surface area (Å²) in [6, 6.07) is 5.90. The van der Waals surface area contributed by atoms with Crippen LogP contribution in [0.15, 0.2) is 18.2 Å². The average Bonchev–Trinajstić information content (AvgIpc) is 2.33. The van der Waals surface area contributed by atoms with Gasteiger partial charge in [0.2, 0.25) is 0 Å². The van der Waals surface area contributed by atoms with E-state index in [1.54, 1.807) is 0 Å². The number of terminal acetylenes is 1. The fraction of sp³-hybridized carbons (Fsp3) is 0.467. The molecule has 1 atom stereocenters. The smallest absolute Gasteiger partial charge is 0.122 e. The van der Waals surface area contributed by atoms with E-state index in [9.17, 15) is 0 Å². The molecule has 0 aliphatic rings. The van der Waals surface area contributed by atoms with Crippen LogP contribution in [0.25, 0.3) is 0 Å². The van der Waals surface area contributed by atoms with E-state index in [1.807, 2.05) is 39.0 Å². The summed E-state index contributed by atoms with van der Waals surface area (Å²) in [5.41, 5.74) is 1.11. The van der Waals surface area contributed by atoms with E-state index in [0.29, 0.717) is 13.2 Å². The lowest BCUT2D eigenvalue weighted by Gasteiger charge is -2.13. The van der Waals surface area contributed by atoms with Crippen LogP contribution in [0, 0.1) is 18.3 Å². The molecule has 0 aliphatic heterocycles. The van der Waals surface area contributed by atoms with Gasteiger partial charge in [-0.05, 0) is 44.0 Å². The first kappa shape index (κ1) is 13.4. The topological polar surface area (TPSA) is 18.5 Å². The molecule has 1 rings (SSSR count). The van der Waals surface area contributed by atoms with Gasteiger partial charge in [0.25, 0.3) is 0 Å². The number of rotatable bonds is 6. The molecule has 92 valence electrons. The molecule has 0 heterocycles. The molecule has 1 aromatic rings. The summed E-state index contributed by atoms with van der Waals surface area (Å²) in [4.78, 5) is 0. The molecule has 0 saturated heterocycles. The van der Waals surface area contributed by atoms with Crippen molar-refractivity contribution in [1.29, 1.82) is 0 Å². The molecular weight excluding hydrogens is 212 g/mol. The lowest BCUT2D eigenvalue weighted by Crippen LogP contribution is -2.02. The molecule has 0 bridgehead atoms. The number of benzene rings is 1. The van der Waals surface area contributed by atoms with Gasteiger partial charge in [0, 0.05) is 5.92 Å². The second kappa shape index (κ2) is 6.85. The van der Waals surface area contributed by atoms with Crippen LogP contribution in [-0.2, 0) is 6.42 Å². The maximum Gasteiger partial charge on any atom is 0.122 e. The van der Waals surface area contributed by atoms with Crippen molar-refractivity contribution >= 4 is 0 Å². The first-order valence-corrected chi connectivity index (χ1v) is 6.05. The van der Waals surface area contributed by atoms with Crippen LogP contribution >= 0.6 is 0 Å². The maximum atomic E-state index is 5.59. The lowest BCUT2D eigenvalue weighted by atomic mass is 10.0. The van der Waals surface area contributed by atoms with Crippen LogP contribution in [0.3, 0.4) is 0 Å². The Morgan fingerprint density at radius 2 is 1.94 bits per heavy atom. The van der Waals surface area contributed by atoms with Crippen molar-refractivity contribution in [3.05, 3.63) is 23.8 Å². The first-order chi connectivity index (χ1) is 8.21. The van der Waals surface area contributed by atoms with E-state index in [0.717, 1.165) is 23.5 Å². The van der Waals surface area contributed by atoms with Crippen molar-refractivity contribution in [2.75, 3.05) is 13.2 Å². The van der Waals surface area contributed by atoms with Gasteiger partial charge in [-0.25, -0.2) is 0 Å². The van der Waals surface area contributed by atoms with Crippen molar-refractivity contribution in [2.45, 2.75) is 27.2 Å². The second-order valence-electron chi connectivity index (χ2n) is 3.91. The highest BCUT2D eigenvalue weighted by Crippen LogP contribution is 2.26. The Morgan fingerprint density at radius 3 is 2.53 bits per heavy atom. The van der Waals surface area contributed by atoms with Gasteiger partial charge in [0.05, 0.1) is 13.2 Å². The Hall–Kier alpha value is -1.62. The molecule has 0 saturated carbocycles. The first-order valence-electron chi connectivity index (χ1n) is 6.05. The van der Waals surface area contributed by atoms with E-state index in [4.69, 9.17) is 15.9 Å². The molecule has 0 fully saturated rings. The van der Waals surface area contributed by atoms with Crippen LogP contribution in [0.4, 0.5) is 0 Å². The molecule has 1 aromatic carbocycles. The molecule has 0 spiro atoms. The highest BCUT2D eigenvalue weighted by molar-refractivity contribution is 5.41. The van der Waals surface area contributed by atoms with E-state index >= 15 is 0 Å². The lowest BCUT2D eigenvalue weighted by molar-refractivity contribution is 0.326. The molecule has 0 aromatic heterocycles.